The third-order valence-electron chi connectivity index (χ3n) is 1.57. The molecule has 14 heavy (non-hydrogen) atoms. The van der Waals surface area contributed by atoms with E-state index in [9.17, 15) is 8.42 Å². The van der Waals surface area contributed by atoms with Crippen LogP contribution in [-0.2, 0) is 9.84 Å². The molecule has 0 unspecified atom stereocenters. The predicted molar refractivity (Wildman–Crippen MR) is 56.6 cm³/mol. The van der Waals surface area contributed by atoms with E-state index in [1.165, 1.54) is 18.3 Å². The zero-order valence-electron chi connectivity index (χ0n) is 7.28. The highest BCUT2D eigenvalue weighted by atomic mass is 35.5. The molecule has 0 aromatic carbocycles. The molecular formula is C8H9Cl2NO2S. The number of alkyl halides is 1. The Bertz CT molecular complexity index is 388. The molecule has 0 amide bonds. The summed E-state index contributed by atoms with van der Waals surface area (Å²) in [5.41, 5.74) is 0. The van der Waals surface area contributed by atoms with E-state index in [-0.39, 0.29) is 10.8 Å². The number of nitrogens with zero attached hydrogens (tertiary/aromatic N) is 1. The van der Waals surface area contributed by atoms with E-state index in [1.807, 2.05) is 0 Å². The van der Waals surface area contributed by atoms with E-state index in [1.54, 1.807) is 0 Å². The molecule has 0 aliphatic carbocycles. The lowest BCUT2D eigenvalue weighted by molar-refractivity contribution is 0.591. The molecule has 0 bridgehead atoms. The first-order valence-corrected chi connectivity index (χ1v) is 6.53. The monoisotopic (exact) mass is 253 g/mol. The average Bonchev–Trinajstić information content (AvgIpc) is 2.16. The van der Waals surface area contributed by atoms with Crippen molar-refractivity contribution < 1.29 is 8.42 Å². The summed E-state index contributed by atoms with van der Waals surface area (Å²) < 4.78 is 23.1. The van der Waals surface area contributed by atoms with Gasteiger partial charge < -0.3 is 0 Å². The zero-order valence-corrected chi connectivity index (χ0v) is 9.61. The maximum atomic E-state index is 11.5. The second kappa shape index (κ2) is 4.96. The van der Waals surface area contributed by atoms with Gasteiger partial charge in [-0.25, -0.2) is 13.4 Å². The SMILES string of the molecule is O=S(=O)(CCCCl)c1ccc(Cl)cn1. The van der Waals surface area contributed by atoms with E-state index in [0.717, 1.165) is 0 Å². The number of halogens is 2. The van der Waals surface area contributed by atoms with Gasteiger partial charge in [0.05, 0.1) is 10.8 Å². The largest absolute Gasteiger partial charge is 0.243 e. The maximum absolute atomic E-state index is 11.5. The smallest absolute Gasteiger partial charge is 0.195 e. The summed E-state index contributed by atoms with van der Waals surface area (Å²) in [5.74, 6) is 0.345. The summed E-state index contributed by atoms with van der Waals surface area (Å²) >= 11 is 11.0. The second-order valence-electron chi connectivity index (χ2n) is 2.68. The van der Waals surface area contributed by atoms with Crippen LogP contribution >= 0.6 is 23.2 Å². The van der Waals surface area contributed by atoms with Crippen molar-refractivity contribution in [2.24, 2.45) is 0 Å². The lowest BCUT2D eigenvalue weighted by Gasteiger charge is -2.01. The number of aromatic nitrogens is 1. The summed E-state index contributed by atoms with van der Waals surface area (Å²) in [6.45, 7) is 0. The Morgan fingerprint density at radius 3 is 2.57 bits per heavy atom. The molecule has 6 heteroatoms. The van der Waals surface area contributed by atoms with E-state index in [2.05, 4.69) is 4.98 Å². The van der Waals surface area contributed by atoms with Gasteiger partial charge in [-0.3, -0.25) is 0 Å². The molecule has 0 saturated carbocycles. The van der Waals surface area contributed by atoms with E-state index in [4.69, 9.17) is 23.2 Å². The molecule has 1 heterocycles. The van der Waals surface area contributed by atoms with E-state index >= 15 is 0 Å². The average molecular weight is 254 g/mol. The Hall–Kier alpha value is -0.320. The molecule has 0 saturated heterocycles. The minimum atomic E-state index is -3.29. The number of sulfone groups is 1. The van der Waals surface area contributed by atoms with Crippen molar-refractivity contribution in [1.29, 1.82) is 0 Å². The molecule has 0 aliphatic heterocycles. The van der Waals surface area contributed by atoms with Crippen molar-refractivity contribution in [2.45, 2.75) is 11.4 Å². The van der Waals surface area contributed by atoms with Crippen LogP contribution in [0.2, 0.25) is 5.02 Å². The highest BCUT2D eigenvalue weighted by Gasteiger charge is 2.14. The van der Waals surface area contributed by atoms with Crippen LogP contribution in [0.4, 0.5) is 0 Å². The first-order chi connectivity index (χ1) is 6.56. The standard InChI is InChI=1S/C8H9Cl2NO2S/c9-4-1-5-14(12,13)8-3-2-7(10)6-11-8/h2-3,6H,1,4-5H2. The molecule has 0 radical (unpaired) electrons. The minimum absolute atomic E-state index is 0.0190. The number of hydrogen-bond acceptors (Lipinski definition) is 3. The third-order valence-corrected chi connectivity index (χ3v) is 3.76. The highest BCUT2D eigenvalue weighted by molar-refractivity contribution is 7.91. The molecule has 0 N–H and O–H groups in total. The van der Waals surface area contributed by atoms with Crippen LogP contribution in [-0.4, -0.2) is 25.0 Å². The third kappa shape index (κ3) is 3.12. The summed E-state index contributed by atoms with van der Waals surface area (Å²) in [4.78, 5) is 3.74. The normalized spacial score (nSPS) is 11.6. The fourth-order valence-corrected chi connectivity index (χ4v) is 2.52. The first kappa shape index (κ1) is 11.8. The molecule has 0 fully saturated rings. The molecular weight excluding hydrogens is 245 g/mol. The Kier molecular flexibility index (Phi) is 4.16. The predicted octanol–water partition coefficient (Wildman–Crippen LogP) is 2.14. The van der Waals surface area contributed by atoms with Gasteiger partial charge in [-0.15, -0.1) is 11.6 Å². The summed E-state index contributed by atoms with van der Waals surface area (Å²) in [7, 11) is -3.29. The van der Waals surface area contributed by atoms with Gasteiger partial charge in [0, 0.05) is 12.1 Å². The fourth-order valence-electron chi connectivity index (χ4n) is 0.895. The Morgan fingerprint density at radius 1 is 1.36 bits per heavy atom. The summed E-state index contributed by atoms with van der Waals surface area (Å²) in [6, 6.07) is 2.90. The van der Waals surface area contributed by atoms with Crippen LogP contribution in [0.25, 0.3) is 0 Å². The topological polar surface area (TPSA) is 47.0 Å². The minimum Gasteiger partial charge on any atom is -0.243 e. The van der Waals surface area contributed by atoms with Crippen LogP contribution in [0.15, 0.2) is 23.4 Å². The van der Waals surface area contributed by atoms with E-state index < -0.39 is 9.84 Å². The first-order valence-electron chi connectivity index (χ1n) is 3.96. The number of pyridine rings is 1. The molecule has 1 aromatic heterocycles. The van der Waals surface area contributed by atoms with Crippen molar-refractivity contribution in [3.8, 4) is 0 Å². The van der Waals surface area contributed by atoms with Crippen molar-refractivity contribution >= 4 is 33.0 Å². The quantitative estimate of drug-likeness (QED) is 0.773. The molecule has 0 aliphatic rings. The van der Waals surface area contributed by atoms with Crippen molar-refractivity contribution in [1.82, 2.24) is 4.98 Å². The van der Waals surface area contributed by atoms with Crippen molar-refractivity contribution in [2.75, 3.05) is 11.6 Å². The van der Waals surface area contributed by atoms with Crippen molar-refractivity contribution in [3.63, 3.8) is 0 Å². The molecule has 1 aromatic rings. The van der Waals surface area contributed by atoms with Crippen LogP contribution < -0.4 is 0 Å². The zero-order chi connectivity index (χ0) is 10.6. The Labute approximate surface area is 93.0 Å². The van der Waals surface area contributed by atoms with Crippen LogP contribution in [0, 0.1) is 0 Å². The summed E-state index contributed by atoms with van der Waals surface area (Å²) in [5, 5.41) is 0.466. The van der Waals surface area contributed by atoms with E-state index in [0.29, 0.717) is 17.3 Å². The van der Waals surface area contributed by atoms with Crippen LogP contribution in [0.3, 0.4) is 0 Å². The molecule has 0 spiro atoms. The fraction of sp³-hybridized carbons (Fsp3) is 0.375. The second-order valence-corrected chi connectivity index (χ2v) is 5.55. The number of rotatable bonds is 4. The number of hydrogen-bond donors (Lipinski definition) is 0. The Balaban J connectivity index is 2.87. The van der Waals surface area contributed by atoms with Gasteiger partial charge in [0.2, 0.25) is 0 Å². The lowest BCUT2D eigenvalue weighted by Crippen LogP contribution is -2.08. The molecule has 1 rings (SSSR count). The van der Waals surface area contributed by atoms with Crippen LogP contribution in [0.1, 0.15) is 6.42 Å². The van der Waals surface area contributed by atoms with Gasteiger partial charge in [-0.1, -0.05) is 11.6 Å². The van der Waals surface area contributed by atoms with Gasteiger partial charge >= 0.3 is 0 Å². The molecule has 3 nitrogen and oxygen atoms in total. The maximum Gasteiger partial charge on any atom is 0.195 e. The molecule has 0 atom stereocenters. The van der Waals surface area contributed by atoms with Gasteiger partial charge in [-0.2, -0.15) is 0 Å². The lowest BCUT2D eigenvalue weighted by atomic mass is 10.5. The van der Waals surface area contributed by atoms with Gasteiger partial charge in [-0.05, 0) is 18.6 Å². The summed E-state index contributed by atoms with van der Waals surface area (Å²) in [6.07, 6.45) is 1.74. The van der Waals surface area contributed by atoms with Crippen LogP contribution in [0.5, 0.6) is 0 Å². The molecule has 78 valence electrons. The highest BCUT2D eigenvalue weighted by Crippen LogP contribution is 2.12. The Morgan fingerprint density at radius 2 is 2.07 bits per heavy atom. The van der Waals surface area contributed by atoms with Gasteiger partial charge in [0.25, 0.3) is 0 Å². The van der Waals surface area contributed by atoms with Gasteiger partial charge in [0.1, 0.15) is 0 Å². The van der Waals surface area contributed by atoms with Gasteiger partial charge in [0.15, 0.2) is 14.9 Å². The van der Waals surface area contributed by atoms with Crippen molar-refractivity contribution in [3.05, 3.63) is 23.4 Å².